The lowest BCUT2D eigenvalue weighted by Gasteiger charge is -2.12. The summed E-state index contributed by atoms with van der Waals surface area (Å²) in [6, 6.07) is 11.0. The molecule has 0 aliphatic rings. The summed E-state index contributed by atoms with van der Waals surface area (Å²) >= 11 is 0. The molecule has 0 saturated carbocycles. The Balaban J connectivity index is 1.59. The second-order valence-electron chi connectivity index (χ2n) is 6.96. The van der Waals surface area contributed by atoms with E-state index in [0.717, 1.165) is 22.5 Å². The first-order valence-corrected chi connectivity index (χ1v) is 9.71. The summed E-state index contributed by atoms with van der Waals surface area (Å²) in [6.07, 6.45) is 6.72. The van der Waals surface area contributed by atoms with E-state index in [2.05, 4.69) is 20.3 Å². The fraction of sp³-hybridized carbons (Fsp3) is 0.174. The van der Waals surface area contributed by atoms with Crippen LogP contribution < -0.4 is 10.7 Å². The van der Waals surface area contributed by atoms with E-state index in [1.807, 2.05) is 42.7 Å². The number of aryl methyl sites for hydroxylation is 2. The number of hydrogen-bond donors (Lipinski definition) is 1. The fourth-order valence-electron chi connectivity index (χ4n) is 3.30. The molecule has 0 aliphatic carbocycles. The Labute approximate surface area is 173 Å². The maximum Gasteiger partial charge on any atom is 0.257 e. The molecule has 0 atom stereocenters. The van der Waals surface area contributed by atoms with Crippen LogP contribution in [0.15, 0.2) is 66.0 Å². The fourth-order valence-corrected chi connectivity index (χ4v) is 3.30. The van der Waals surface area contributed by atoms with Gasteiger partial charge < -0.3 is 9.88 Å². The predicted octanol–water partition coefficient (Wildman–Crippen LogP) is 3.11. The van der Waals surface area contributed by atoms with Crippen molar-refractivity contribution in [2.24, 2.45) is 0 Å². The third-order valence-corrected chi connectivity index (χ3v) is 4.88. The van der Waals surface area contributed by atoms with E-state index in [1.165, 1.54) is 0 Å². The lowest BCUT2D eigenvalue weighted by molar-refractivity contribution is 0.0949. The van der Waals surface area contributed by atoms with E-state index in [-0.39, 0.29) is 17.5 Å². The zero-order valence-electron chi connectivity index (χ0n) is 16.8. The number of carbonyl (C=O) groups is 1. The van der Waals surface area contributed by atoms with Gasteiger partial charge in [0.1, 0.15) is 11.2 Å². The highest BCUT2D eigenvalue weighted by Gasteiger charge is 2.16. The van der Waals surface area contributed by atoms with Gasteiger partial charge in [0.2, 0.25) is 5.43 Å². The van der Waals surface area contributed by atoms with Crippen LogP contribution in [0.1, 0.15) is 28.5 Å². The Kier molecular flexibility index (Phi) is 5.34. The molecule has 0 aromatic carbocycles. The number of nitrogens with one attached hydrogen (secondary N) is 1. The van der Waals surface area contributed by atoms with Crippen molar-refractivity contribution in [1.29, 1.82) is 0 Å². The lowest BCUT2D eigenvalue weighted by atomic mass is 10.1. The molecule has 4 aromatic rings. The highest BCUT2D eigenvalue weighted by molar-refractivity contribution is 5.96. The molecule has 0 bridgehead atoms. The monoisotopic (exact) mass is 399 g/mol. The average molecular weight is 399 g/mol. The average Bonchev–Trinajstić information content (AvgIpc) is 2.78. The number of nitrogens with zero attached hydrogens (tertiary/aromatic N) is 4. The maximum atomic E-state index is 12.9. The Morgan fingerprint density at radius 2 is 2.03 bits per heavy atom. The van der Waals surface area contributed by atoms with Crippen LogP contribution in [0.2, 0.25) is 0 Å². The van der Waals surface area contributed by atoms with Gasteiger partial charge in [0.25, 0.3) is 5.91 Å². The number of amides is 1. The van der Waals surface area contributed by atoms with E-state index in [9.17, 15) is 9.59 Å². The predicted molar refractivity (Wildman–Crippen MR) is 115 cm³/mol. The number of hydrogen-bond acceptors (Lipinski definition) is 5. The number of pyridine rings is 4. The minimum absolute atomic E-state index is 0.108. The quantitative estimate of drug-likeness (QED) is 0.557. The van der Waals surface area contributed by atoms with Gasteiger partial charge >= 0.3 is 0 Å². The van der Waals surface area contributed by atoms with Crippen LogP contribution in [0, 0.1) is 6.92 Å². The largest absolute Gasteiger partial charge is 0.348 e. The summed E-state index contributed by atoms with van der Waals surface area (Å²) in [4.78, 5) is 38.6. The molecular formula is C23H21N5O2. The zero-order chi connectivity index (χ0) is 21.1. The van der Waals surface area contributed by atoms with Crippen LogP contribution in [-0.4, -0.2) is 25.4 Å². The highest BCUT2D eigenvalue weighted by atomic mass is 16.2. The molecule has 0 aliphatic heterocycles. The molecule has 7 nitrogen and oxygen atoms in total. The van der Waals surface area contributed by atoms with Crippen LogP contribution in [0.25, 0.3) is 22.3 Å². The molecule has 1 N–H and O–H groups in total. The second-order valence-corrected chi connectivity index (χ2v) is 6.96. The van der Waals surface area contributed by atoms with Crippen LogP contribution >= 0.6 is 0 Å². The van der Waals surface area contributed by atoms with Gasteiger partial charge in [0, 0.05) is 49.1 Å². The van der Waals surface area contributed by atoms with Crippen molar-refractivity contribution in [2.45, 2.75) is 26.9 Å². The van der Waals surface area contributed by atoms with Crippen molar-refractivity contribution >= 4 is 16.9 Å². The van der Waals surface area contributed by atoms with E-state index in [4.69, 9.17) is 0 Å². The second kappa shape index (κ2) is 8.24. The summed E-state index contributed by atoms with van der Waals surface area (Å²) in [5, 5.41) is 3.29. The Morgan fingerprint density at radius 1 is 1.17 bits per heavy atom. The van der Waals surface area contributed by atoms with Crippen molar-refractivity contribution in [3.8, 4) is 11.3 Å². The minimum Gasteiger partial charge on any atom is -0.348 e. The Morgan fingerprint density at radius 3 is 2.80 bits per heavy atom. The van der Waals surface area contributed by atoms with E-state index in [1.54, 1.807) is 36.9 Å². The van der Waals surface area contributed by atoms with Crippen molar-refractivity contribution < 1.29 is 4.79 Å². The molecule has 0 radical (unpaired) electrons. The smallest absolute Gasteiger partial charge is 0.257 e. The summed E-state index contributed by atoms with van der Waals surface area (Å²) in [6.45, 7) is 4.71. The highest BCUT2D eigenvalue weighted by Crippen LogP contribution is 2.16. The summed E-state index contributed by atoms with van der Waals surface area (Å²) in [5.74, 6) is -0.413. The topological polar surface area (TPSA) is 89.8 Å². The van der Waals surface area contributed by atoms with Gasteiger partial charge in [-0.25, -0.2) is 4.98 Å². The molecule has 4 heterocycles. The normalized spacial score (nSPS) is 10.9. The molecule has 0 saturated heterocycles. The van der Waals surface area contributed by atoms with Gasteiger partial charge in [-0.05, 0) is 55.8 Å². The van der Waals surface area contributed by atoms with Gasteiger partial charge in [-0.2, -0.15) is 0 Å². The van der Waals surface area contributed by atoms with Crippen LogP contribution in [0.3, 0.4) is 0 Å². The van der Waals surface area contributed by atoms with E-state index >= 15 is 0 Å². The van der Waals surface area contributed by atoms with Crippen LogP contribution in [0.4, 0.5) is 0 Å². The molecule has 0 spiro atoms. The van der Waals surface area contributed by atoms with Crippen molar-refractivity contribution in [3.05, 3.63) is 88.2 Å². The van der Waals surface area contributed by atoms with Crippen LogP contribution in [0.5, 0.6) is 0 Å². The molecule has 150 valence electrons. The molecule has 4 rings (SSSR count). The summed E-state index contributed by atoms with van der Waals surface area (Å²) in [5.41, 5.74) is 3.76. The third-order valence-electron chi connectivity index (χ3n) is 4.88. The molecule has 30 heavy (non-hydrogen) atoms. The first kappa shape index (κ1) is 19.4. The third kappa shape index (κ3) is 3.82. The lowest BCUT2D eigenvalue weighted by Crippen LogP contribution is -2.29. The van der Waals surface area contributed by atoms with Crippen LogP contribution in [-0.2, 0) is 13.1 Å². The number of aromatic nitrogens is 4. The number of carbonyl (C=O) groups excluding carboxylic acids is 1. The van der Waals surface area contributed by atoms with Crippen molar-refractivity contribution in [2.75, 3.05) is 0 Å². The number of fused-ring (bicyclic) bond motifs is 1. The van der Waals surface area contributed by atoms with E-state index < -0.39 is 5.91 Å². The molecule has 0 unspecified atom stereocenters. The van der Waals surface area contributed by atoms with Crippen molar-refractivity contribution in [3.63, 3.8) is 0 Å². The molecule has 0 fully saturated rings. The summed E-state index contributed by atoms with van der Waals surface area (Å²) in [7, 11) is 0. The van der Waals surface area contributed by atoms with Gasteiger partial charge in [-0.15, -0.1) is 0 Å². The number of rotatable bonds is 5. The maximum absolute atomic E-state index is 12.9. The van der Waals surface area contributed by atoms with Gasteiger partial charge in [-0.3, -0.25) is 19.6 Å². The van der Waals surface area contributed by atoms with Crippen molar-refractivity contribution in [1.82, 2.24) is 24.8 Å². The van der Waals surface area contributed by atoms with Gasteiger partial charge in [0.15, 0.2) is 0 Å². The first-order valence-electron chi connectivity index (χ1n) is 9.71. The molecular weight excluding hydrogens is 378 g/mol. The first-order chi connectivity index (χ1) is 14.6. The molecule has 7 heteroatoms. The van der Waals surface area contributed by atoms with Gasteiger partial charge in [0.05, 0.1) is 11.1 Å². The van der Waals surface area contributed by atoms with E-state index in [0.29, 0.717) is 17.6 Å². The molecule has 4 aromatic heterocycles. The van der Waals surface area contributed by atoms with Gasteiger partial charge in [-0.1, -0.05) is 0 Å². The minimum atomic E-state index is -0.413. The SMILES string of the molecule is CCn1cc(C(=O)NCc2ccnc(-c3cccnc3)c2)c(=O)c2ccc(C)nc21. The zero-order valence-corrected chi connectivity index (χ0v) is 16.8. The standard InChI is InChI=1S/C23H21N5O2/c1-3-28-14-19(21(29)18-7-6-15(2)27-22(18)28)23(30)26-12-16-8-10-25-20(11-16)17-5-4-9-24-13-17/h4-11,13-14H,3,12H2,1-2H3,(H,26,30). The summed E-state index contributed by atoms with van der Waals surface area (Å²) < 4.78 is 1.82. The Bertz CT molecular complexity index is 1280. The Hall–Kier alpha value is -3.87. The molecule has 1 amide bonds.